The molecule has 0 bridgehead atoms. The van der Waals surface area contributed by atoms with Crippen molar-refractivity contribution >= 4 is 29.5 Å². The van der Waals surface area contributed by atoms with Crippen LogP contribution in [0.15, 0.2) is 70.0 Å². The first kappa shape index (κ1) is 17.7. The van der Waals surface area contributed by atoms with E-state index in [0.717, 1.165) is 23.1 Å². The Kier molecular flexibility index (Phi) is 6.09. The molecule has 24 heavy (non-hydrogen) atoms. The molecular weight excluding hydrogens is 322 g/mol. The molecular formula is C18H20ClN5. The molecule has 0 amide bonds. The fraction of sp³-hybridized carbons (Fsp3) is 0.167. The molecule has 0 aliphatic carbocycles. The van der Waals surface area contributed by atoms with Crippen molar-refractivity contribution in [3.63, 3.8) is 0 Å². The molecule has 1 aliphatic heterocycles. The molecule has 0 spiro atoms. The molecule has 6 heteroatoms. The van der Waals surface area contributed by atoms with E-state index in [0.29, 0.717) is 28.8 Å². The van der Waals surface area contributed by atoms with Gasteiger partial charge in [-0.25, -0.2) is 9.98 Å². The maximum atomic E-state index is 7.36. The van der Waals surface area contributed by atoms with Crippen molar-refractivity contribution in [1.82, 2.24) is 4.98 Å². The Labute approximate surface area is 146 Å². The normalized spacial score (nSPS) is 16.3. The van der Waals surface area contributed by atoms with Gasteiger partial charge in [0.15, 0.2) is 0 Å². The fourth-order valence-electron chi connectivity index (χ4n) is 2.30. The van der Waals surface area contributed by atoms with Gasteiger partial charge in [0.25, 0.3) is 0 Å². The third kappa shape index (κ3) is 4.20. The standard InChI is InChI=1S/C18H20ClN5/c1-3-15-13(10-24-18(15)21)7-12-5-6-17(22-9-12)23-11-14(8-20)16(19)4-2/h3-6,8-10,20H,2,7,11H2,1H3,(H2,21,24)(H,22,23)/b15-3-,16-14-,20-8?. The van der Waals surface area contributed by atoms with Crippen molar-refractivity contribution in [2.45, 2.75) is 13.3 Å². The summed E-state index contributed by atoms with van der Waals surface area (Å²) in [6.07, 6.45) is 9.03. The molecule has 0 unspecified atom stereocenters. The molecule has 1 aromatic rings. The van der Waals surface area contributed by atoms with Gasteiger partial charge in [0.2, 0.25) is 0 Å². The molecule has 4 N–H and O–H groups in total. The van der Waals surface area contributed by atoms with E-state index < -0.39 is 0 Å². The van der Waals surface area contributed by atoms with Crippen LogP contribution in [0.2, 0.25) is 0 Å². The number of anilines is 1. The summed E-state index contributed by atoms with van der Waals surface area (Å²) in [4.78, 5) is 8.54. The van der Waals surface area contributed by atoms with Crippen LogP contribution in [-0.2, 0) is 6.42 Å². The summed E-state index contributed by atoms with van der Waals surface area (Å²) < 4.78 is 0. The van der Waals surface area contributed by atoms with Crippen LogP contribution in [0.1, 0.15) is 12.5 Å². The molecule has 1 aromatic heterocycles. The summed E-state index contributed by atoms with van der Waals surface area (Å²) in [5.41, 5.74) is 9.63. The lowest BCUT2D eigenvalue weighted by Gasteiger charge is -2.09. The number of amidine groups is 1. The number of allylic oxidation sites excluding steroid dienone is 3. The van der Waals surface area contributed by atoms with E-state index in [9.17, 15) is 0 Å². The van der Waals surface area contributed by atoms with Crippen LogP contribution in [-0.4, -0.2) is 23.6 Å². The van der Waals surface area contributed by atoms with Crippen LogP contribution in [0, 0.1) is 5.41 Å². The summed E-state index contributed by atoms with van der Waals surface area (Å²) in [6.45, 7) is 5.96. The number of aliphatic imine (C=N–C) groups is 1. The highest BCUT2D eigenvalue weighted by molar-refractivity contribution is 6.32. The molecule has 0 atom stereocenters. The lowest BCUT2D eigenvalue weighted by molar-refractivity contribution is 1.12. The van der Waals surface area contributed by atoms with Crippen LogP contribution >= 0.6 is 11.6 Å². The van der Waals surface area contributed by atoms with Crippen LogP contribution in [0.5, 0.6) is 0 Å². The topological polar surface area (TPSA) is 87.2 Å². The van der Waals surface area contributed by atoms with Gasteiger partial charge in [-0.1, -0.05) is 36.4 Å². The lowest BCUT2D eigenvalue weighted by Crippen LogP contribution is -2.13. The first-order valence-electron chi connectivity index (χ1n) is 7.48. The van der Waals surface area contributed by atoms with Gasteiger partial charge in [-0.2, -0.15) is 0 Å². The number of hydrogen-bond donors (Lipinski definition) is 3. The predicted octanol–water partition coefficient (Wildman–Crippen LogP) is 3.57. The number of nitrogens with two attached hydrogens (primary N) is 1. The van der Waals surface area contributed by atoms with E-state index in [-0.39, 0.29) is 0 Å². The maximum absolute atomic E-state index is 7.36. The number of rotatable bonds is 7. The molecule has 2 heterocycles. The Balaban J connectivity index is 1.99. The molecule has 5 nitrogen and oxygen atoms in total. The SMILES string of the molecule is C=C/C(Cl)=C(\C=N)CNc1ccc(CC2=CN=C(N)/C2=C\C)cn1. The Bertz CT molecular complexity index is 754. The molecule has 2 rings (SSSR count). The van der Waals surface area contributed by atoms with Crippen molar-refractivity contribution in [1.29, 1.82) is 5.41 Å². The zero-order valence-electron chi connectivity index (χ0n) is 13.5. The largest absolute Gasteiger partial charge is 0.383 e. The number of pyridine rings is 1. The van der Waals surface area contributed by atoms with E-state index in [1.807, 2.05) is 31.3 Å². The van der Waals surface area contributed by atoms with E-state index >= 15 is 0 Å². The lowest BCUT2D eigenvalue weighted by atomic mass is 10.0. The summed E-state index contributed by atoms with van der Waals surface area (Å²) in [7, 11) is 0. The Morgan fingerprint density at radius 1 is 1.46 bits per heavy atom. The molecule has 0 fully saturated rings. The second-order valence-corrected chi connectivity index (χ2v) is 5.58. The second kappa shape index (κ2) is 8.26. The van der Waals surface area contributed by atoms with Gasteiger partial charge < -0.3 is 16.5 Å². The van der Waals surface area contributed by atoms with Crippen molar-refractivity contribution < 1.29 is 0 Å². The van der Waals surface area contributed by atoms with Gasteiger partial charge in [-0.3, -0.25) is 0 Å². The van der Waals surface area contributed by atoms with E-state index in [2.05, 4.69) is 21.9 Å². The molecule has 1 aliphatic rings. The minimum absolute atomic E-state index is 0.416. The quantitative estimate of drug-likeness (QED) is 0.523. The van der Waals surface area contributed by atoms with Crippen LogP contribution < -0.4 is 11.1 Å². The van der Waals surface area contributed by atoms with Gasteiger partial charge in [-0.15, -0.1) is 0 Å². The number of nitrogens with one attached hydrogen (secondary N) is 2. The molecule has 0 saturated carbocycles. The highest BCUT2D eigenvalue weighted by Gasteiger charge is 2.14. The highest BCUT2D eigenvalue weighted by atomic mass is 35.5. The number of hydrogen-bond acceptors (Lipinski definition) is 5. The van der Waals surface area contributed by atoms with Crippen LogP contribution in [0.25, 0.3) is 0 Å². The van der Waals surface area contributed by atoms with Gasteiger partial charge in [0, 0.05) is 47.8 Å². The van der Waals surface area contributed by atoms with Crippen molar-refractivity contribution in [3.05, 3.63) is 70.6 Å². The Hall–Kier alpha value is -2.66. The molecule has 0 aromatic carbocycles. The average molecular weight is 342 g/mol. The molecule has 0 saturated heterocycles. The van der Waals surface area contributed by atoms with Crippen LogP contribution in [0.4, 0.5) is 5.82 Å². The Morgan fingerprint density at radius 2 is 2.25 bits per heavy atom. The molecule has 124 valence electrons. The first-order chi connectivity index (χ1) is 11.6. The first-order valence-corrected chi connectivity index (χ1v) is 7.86. The van der Waals surface area contributed by atoms with Gasteiger partial charge >= 0.3 is 0 Å². The average Bonchev–Trinajstić information content (AvgIpc) is 2.96. The third-order valence-corrected chi connectivity index (χ3v) is 4.01. The van der Waals surface area contributed by atoms with Gasteiger partial charge in [-0.05, 0) is 24.1 Å². The van der Waals surface area contributed by atoms with E-state index in [4.69, 9.17) is 22.7 Å². The van der Waals surface area contributed by atoms with Crippen LogP contribution in [0.3, 0.4) is 0 Å². The zero-order valence-corrected chi connectivity index (χ0v) is 14.3. The van der Waals surface area contributed by atoms with E-state index in [1.165, 1.54) is 12.3 Å². The number of nitrogens with zero attached hydrogens (tertiary/aromatic N) is 2. The summed E-state index contributed by atoms with van der Waals surface area (Å²) in [5, 5.41) is 11.0. The number of aromatic nitrogens is 1. The maximum Gasteiger partial charge on any atom is 0.130 e. The fourth-order valence-corrected chi connectivity index (χ4v) is 2.42. The second-order valence-electron chi connectivity index (χ2n) is 5.17. The monoisotopic (exact) mass is 341 g/mol. The van der Waals surface area contributed by atoms with E-state index in [1.54, 1.807) is 6.20 Å². The smallest absolute Gasteiger partial charge is 0.130 e. The summed E-state index contributed by atoms with van der Waals surface area (Å²) >= 11 is 5.97. The highest BCUT2D eigenvalue weighted by Crippen LogP contribution is 2.21. The van der Waals surface area contributed by atoms with Crippen molar-refractivity contribution in [2.24, 2.45) is 10.7 Å². The van der Waals surface area contributed by atoms with Crippen molar-refractivity contribution in [3.8, 4) is 0 Å². The summed E-state index contributed by atoms with van der Waals surface area (Å²) in [6, 6.07) is 3.90. The van der Waals surface area contributed by atoms with Gasteiger partial charge in [0.05, 0.1) is 0 Å². The van der Waals surface area contributed by atoms with Gasteiger partial charge in [0.1, 0.15) is 11.7 Å². The predicted molar refractivity (Wildman–Crippen MR) is 102 cm³/mol. The minimum Gasteiger partial charge on any atom is -0.383 e. The molecule has 0 radical (unpaired) electrons. The number of halogens is 1. The van der Waals surface area contributed by atoms with Crippen molar-refractivity contribution in [2.75, 3.05) is 11.9 Å². The zero-order chi connectivity index (χ0) is 17.5. The summed E-state index contributed by atoms with van der Waals surface area (Å²) in [5.74, 6) is 1.28. The minimum atomic E-state index is 0.416. The Morgan fingerprint density at radius 3 is 2.83 bits per heavy atom. The third-order valence-electron chi connectivity index (χ3n) is 3.61.